The Balaban J connectivity index is 2.60. The predicted molar refractivity (Wildman–Crippen MR) is 62.0 cm³/mol. The van der Waals surface area contributed by atoms with Crippen molar-refractivity contribution in [1.82, 2.24) is 0 Å². The van der Waals surface area contributed by atoms with Crippen LogP contribution in [0.15, 0.2) is 24.3 Å². The molecular formula is C13H20O2. The van der Waals surface area contributed by atoms with Crippen LogP contribution in [0.4, 0.5) is 0 Å². The Hall–Kier alpha value is -1.02. The van der Waals surface area contributed by atoms with Crippen molar-refractivity contribution in [1.29, 1.82) is 0 Å². The Morgan fingerprint density at radius 1 is 1.27 bits per heavy atom. The molecule has 0 saturated carbocycles. The van der Waals surface area contributed by atoms with Crippen LogP contribution in [0.2, 0.25) is 0 Å². The largest absolute Gasteiger partial charge is 0.497 e. The molecule has 0 aliphatic carbocycles. The van der Waals surface area contributed by atoms with E-state index in [1.165, 1.54) is 0 Å². The van der Waals surface area contributed by atoms with Gasteiger partial charge in [-0.3, -0.25) is 0 Å². The van der Waals surface area contributed by atoms with E-state index >= 15 is 0 Å². The molecule has 0 heterocycles. The van der Waals surface area contributed by atoms with Crippen LogP contribution in [-0.4, -0.2) is 12.2 Å². The van der Waals surface area contributed by atoms with Crippen LogP contribution in [0.1, 0.15) is 38.4 Å². The maximum absolute atomic E-state index is 9.93. The third kappa shape index (κ3) is 3.92. The third-order valence-electron chi connectivity index (χ3n) is 2.50. The quantitative estimate of drug-likeness (QED) is 0.805. The summed E-state index contributed by atoms with van der Waals surface area (Å²) in [6.07, 6.45) is 1.48. The lowest BCUT2D eigenvalue weighted by Crippen LogP contribution is -2.00. The molecule has 15 heavy (non-hydrogen) atoms. The van der Waals surface area contributed by atoms with E-state index in [1.807, 2.05) is 24.3 Å². The molecule has 1 aromatic carbocycles. The highest BCUT2D eigenvalue weighted by Gasteiger charge is 2.08. The summed E-state index contributed by atoms with van der Waals surface area (Å²) in [6, 6.07) is 7.63. The van der Waals surface area contributed by atoms with Gasteiger partial charge in [-0.05, 0) is 36.5 Å². The molecule has 1 rings (SSSR count). The molecule has 0 fully saturated rings. The monoisotopic (exact) mass is 208 g/mol. The zero-order valence-corrected chi connectivity index (χ0v) is 9.73. The molecule has 1 aromatic rings. The normalized spacial score (nSPS) is 12.9. The van der Waals surface area contributed by atoms with Crippen molar-refractivity contribution < 1.29 is 9.84 Å². The van der Waals surface area contributed by atoms with Gasteiger partial charge in [0.25, 0.3) is 0 Å². The Bertz CT molecular complexity index is 294. The summed E-state index contributed by atoms with van der Waals surface area (Å²) in [5.74, 6) is 1.43. The fraction of sp³-hybridized carbons (Fsp3) is 0.538. The fourth-order valence-electron chi connectivity index (χ4n) is 1.51. The number of rotatable bonds is 5. The van der Waals surface area contributed by atoms with Gasteiger partial charge in [0.1, 0.15) is 5.75 Å². The Morgan fingerprint density at radius 2 is 2.00 bits per heavy atom. The van der Waals surface area contributed by atoms with E-state index in [-0.39, 0.29) is 6.10 Å². The van der Waals surface area contributed by atoms with E-state index in [4.69, 9.17) is 4.74 Å². The van der Waals surface area contributed by atoms with E-state index in [9.17, 15) is 5.11 Å². The van der Waals surface area contributed by atoms with Gasteiger partial charge in [0.05, 0.1) is 13.2 Å². The number of benzene rings is 1. The maximum Gasteiger partial charge on any atom is 0.119 e. The zero-order chi connectivity index (χ0) is 11.3. The average molecular weight is 208 g/mol. The van der Waals surface area contributed by atoms with Gasteiger partial charge in [0, 0.05) is 0 Å². The molecule has 0 spiro atoms. The van der Waals surface area contributed by atoms with Crippen molar-refractivity contribution in [3.63, 3.8) is 0 Å². The van der Waals surface area contributed by atoms with Crippen LogP contribution >= 0.6 is 0 Å². The van der Waals surface area contributed by atoms with Crippen molar-refractivity contribution in [2.45, 2.75) is 32.8 Å². The van der Waals surface area contributed by atoms with E-state index < -0.39 is 0 Å². The molecule has 1 N–H and O–H groups in total. The highest BCUT2D eigenvalue weighted by Crippen LogP contribution is 2.23. The zero-order valence-electron chi connectivity index (χ0n) is 9.73. The summed E-state index contributed by atoms with van der Waals surface area (Å²) in [5, 5.41) is 9.93. The van der Waals surface area contributed by atoms with Gasteiger partial charge < -0.3 is 9.84 Å². The molecule has 2 heteroatoms. The second-order valence-corrected chi connectivity index (χ2v) is 4.26. The molecule has 1 unspecified atom stereocenters. The van der Waals surface area contributed by atoms with Gasteiger partial charge in [-0.25, -0.2) is 0 Å². The first kappa shape index (κ1) is 12.1. The molecule has 2 nitrogen and oxygen atoms in total. The molecule has 0 amide bonds. The lowest BCUT2D eigenvalue weighted by Gasteiger charge is -2.13. The maximum atomic E-state index is 9.93. The lowest BCUT2D eigenvalue weighted by atomic mass is 10.00. The van der Waals surface area contributed by atoms with Crippen molar-refractivity contribution >= 4 is 0 Å². The topological polar surface area (TPSA) is 29.5 Å². The fourth-order valence-corrected chi connectivity index (χ4v) is 1.51. The lowest BCUT2D eigenvalue weighted by molar-refractivity contribution is 0.159. The van der Waals surface area contributed by atoms with Crippen LogP contribution in [0.5, 0.6) is 5.75 Å². The van der Waals surface area contributed by atoms with Gasteiger partial charge in [-0.2, -0.15) is 0 Å². The molecule has 0 aliphatic heterocycles. The number of ether oxygens (including phenoxy) is 1. The summed E-state index contributed by atoms with van der Waals surface area (Å²) in [7, 11) is 1.64. The summed E-state index contributed by atoms with van der Waals surface area (Å²) < 4.78 is 5.12. The second kappa shape index (κ2) is 5.76. The smallest absolute Gasteiger partial charge is 0.119 e. The standard InChI is InChI=1S/C13H20O2/c1-10(2)7-8-13(14)11-5-4-6-12(9-11)15-3/h4-6,9-10,13-14H,7-8H2,1-3H3. The SMILES string of the molecule is COc1cccc(C(O)CCC(C)C)c1. The highest BCUT2D eigenvalue weighted by atomic mass is 16.5. The van der Waals surface area contributed by atoms with Crippen molar-refractivity contribution in [3.8, 4) is 5.75 Å². The van der Waals surface area contributed by atoms with Gasteiger partial charge in [0.2, 0.25) is 0 Å². The van der Waals surface area contributed by atoms with Crippen LogP contribution in [0, 0.1) is 5.92 Å². The molecule has 84 valence electrons. The van der Waals surface area contributed by atoms with Gasteiger partial charge in [0.15, 0.2) is 0 Å². The number of hydrogen-bond donors (Lipinski definition) is 1. The first-order chi connectivity index (χ1) is 7.13. The van der Waals surface area contributed by atoms with Gasteiger partial charge in [-0.1, -0.05) is 26.0 Å². The van der Waals surface area contributed by atoms with Crippen molar-refractivity contribution in [2.75, 3.05) is 7.11 Å². The minimum atomic E-state index is -0.373. The summed E-state index contributed by atoms with van der Waals surface area (Å²) in [4.78, 5) is 0. The molecule has 0 radical (unpaired) electrons. The molecule has 0 aliphatic rings. The third-order valence-corrected chi connectivity index (χ3v) is 2.50. The first-order valence-corrected chi connectivity index (χ1v) is 5.45. The number of aliphatic hydroxyl groups is 1. The Morgan fingerprint density at radius 3 is 2.60 bits per heavy atom. The summed E-state index contributed by atoms with van der Waals surface area (Å²) >= 11 is 0. The molecule has 0 aromatic heterocycles. The number of aliphatic hydroxyl groups excluding tert-OH is 1. The van der Waals surface area contributed by atoms with E-state index in [0.717, 1.165) is 24.2 Å². The molecular weight excluding hydrogens is 188 g/mol. The van der Waals surface area contributed by atoms with Crippen molar-refractivity contribution in [2.24, 2.45) is 5.92 Å². The first-order valence-electron chi connectivity index (χ1n) is 5.45. The summed E-state index contributed by atoms with van der Waals surface area (Å²) in [6.45, 7) is 4.33. The minimum absolute atomic E-state index is 0.373. The predicted octanol–water partition coefficient (Wildman–Crippen LogP) is 3.16. The Kier molecular flexibility index (Phi) is 4.63. The van der Waals surface area contributed by atoms with E-state index in [0.29, 0.717) is 5.92 Å². The number of hydrogen-bond acceptors (Lipinski definition) is 2. The molecule has 0 saturated heterocycles. The van der Waals surface area contributed by atoms with Crippen molar-refractivity contribution in [3.05, 3.63) is 29.8 Å². The van der Waals surface area contributed by atoms with Crippen LogP contribution < -0.4 is 4.74 Å². The highest BCUT2D eigenvalue weighted by molar-refractivity contribution is 5.29. The average Bonchev–Trinajstić information content (AvgIpc) is 2.26. The van der Waals surface area contributed by atoms with E-state index in [1.54, 1.807) is 7.11 Å². The van der Waals surface area contributed by atoms with E-state index in [2.05, 4.69) is 13.8 Å². The van der Waals surface area contributed by atoms with Crippen LogP contribution in [0.25, 0.3) is 0 Å². The van der Waals surface area contributed by atoms with Gasteiger partial charge >= 0.3 is 0 Å². The molecule has 1 atom stereocenters. The minimum Gasteiger partial charge on any atom is -0.497 e. The molecule has 0 bridgehead atoms. The number of methoxy groups -OCH3 is 1. The Labute approximate surface area is 91.9 Å². The van der Waals surface area contributed by atoms with Crippen LogP contribution in [0.3, 0.4) is 0 Å². The van der Waals surface area contributed by atoms with Crippen LogP contribution in [-0.2, 0) is 0 Å². The van der Waals surface area contributed by atoms with Gasteiger partial charge in [-0.15, -0.1) is 0 Å². The second-order valence-electron chi connectivity index (χ2n) is 4.26. The summed E-state index contributed by atoms with van der Waals surface area (Å²) in [5.41, 5.74) is 0.940.